The molecule has 1 aliphatic rings. The number of aromatic carboxylic acids is 1. The molecule has 17 heavy (non-hydrogen) atoms. The van der Waals surface area contributed by atoms with Crippen molar-refractivity contribution in [2.45, 2.75) is 13.8 Å². The molecule has 2 unspecified atom stereocenters. The molecule has 0 aliphatic carbocycles. The van der Waals surface area contributed by atoms with Crippen molar-refractivity contribution in [3.05, 3.63) is 22.8 Å². The van der Waals surface area contributed by atoms with Gasteiger partial charge in [0.2, 0.25) is 0 Å². The van der Waals surface area contributed by atoms with E-state index in [1.807, 2.05) is 0 Å². The van der Waals surface area contributed by atoms with E-state index in [1.165, 1.54) is 6.07 Å². The Morgan fingerprint density at radius 1 is 1.41 bits per heavy atom. The van der Waals surface area contributed by atoms with Gasteiger partial charge in [0, 0.05) is 13.1 Å². The number of nitrogens with zero attached hydrogens (tertiary/aromatic N) is 2. The maximum absolute atomic E-state index is 10.9. The number of halogens is 1. The van der Waals surface area contributed by atoms with Crippen LogP contribution in [0.4, 0.5) is 5.82 Å². The highest BCUT2D eigenvalue weighted by molar-refractivity contribution is 6.29. The van der Waals surface area contributed by atoms with Crippen LogP contribution in [0.15, 0.2) is 12.1 Å². The number of carboxylic acid groups (broad SMARTS) is 1. The van der Waals surface area contributed by atoms with Crippen molar-refractivity contribution >= 4 is 23.4 Å². The number of rotatable bonds is 2. The fraction of sp³-hybridized carbons (Fsp3) is 0.500. The number of carboxylic acids is 1. The maximum atomic E-state index is 10.9. The van der Waals surface area contributed by atoms with Crippen LogP contribution >= 0.6 is 11.6 Å². The van der Waals surface area contributed by atoms with Crippen LogP contribution in [0, 0.1) is 11.8 Å². The molecule has 0 radical (unpaired) electrons. The SMILES string of the molecule is CC1CN(c2cc(C(=O)O)cc(Cl)n2)CC1C. The van der Waals surface area contributed by atoms with Gasteiger partial charge in [-0.25, -0.2) is 9.78 Å². The predicted octanol–water partition coefficient (Wildman–Crippen LogP) is 2.53. The molecule has 4 nitrogen and oxygen atoms in total. The minimum Gasteiger partial charge on any atom is -0.478 e. The van der Waals surface area contributed by atoms with E-state index in [4.69, 9.17) is 16.7 Å². The van der Waals surface area contributed by atoms with E-state index in [2.05, 4.69) is 23.7 Å². The molecule has 2 rings (SSSR count). The van der Waals surface area contributed by atoms with E-state index in [0.717, 1.165) is 13.1 Å². The summed E-state index contributed by atoms with van der Waals surface area (Å²) in [4.78, 5) is 17.2. The topological polar surface area (TPSA) is 53.4 Å². The number of hydrogen-bond acceptors (Lipinski definition) is 3. The van der Waals surface area contributed by atoms with E-state index >= 15 is 0 Å². The second-order valence-electron chi connectivity index (χ2n) is 4.70. The summed E-state index contributed by atoms with van der Waals surface area (Å²) in [5, 5.41) is 9.20. The van der Waals surface area contributed by atoms with E-state index in [9.17, 15) is 4.79 Å². The molecule has 0 spiro atoms. The summed E-state index contributed by atoms with van der Waals surface area (Å²) in [7, 11) is 0. The number of carbonyl (C=O) groups is 1. The zero-order valence-electron chi connectivity index (χ0n) is 9.85. The van der Waals surface area contributed by atoms with Crippen LogP contribution in [-0.4, -0.2) is 29.1 Å². The molecule has 5 heteroatoms. The van der Waals surface area contributed by atoms with E-state index in [-0.39, 0.29) is 10.7 Å². The molecule has 0 amide bonds. The molecule has 1 aromatic rings. The summed E-state index contributed by atoms with van der Waals surface area (Å²) in [6.07, 6.45) is 0. The fourth-order valence-electron chi connectivity index (χ4n) is 2.09. The van der Waals surface area contributed by atoms with Gasteiger partial charge < -0.3 is 10.0 Å². The number of aromatic nitrogens is 1. The molecule has 0 aromatic carbocycles. The fourth-order valence-corrected chi connectivity index (χ4v) is 2.29. The van der Waals surface area contributed by atoms with Crippen LogP contribution in [0.2, 0.25) is 5.15 Å². The third kappa shape index (κ3) is 2.52. The molecular weight excluding hydrogens is 240 g/mol. The van der Waals surface area contributed by atoms with Gasteiger partial charge in [-0.2, -0.15) is 0 Å². The Morgan fingerprint density at radius 2 is 2.00 bits per heavy atom. The van der Waals surface area contributed by atoms with Crippen molar-refractivity contribution in [3.8, 4) is 0 Å². The van der Waals surface area contributed by atoms with Crippen molar-refractivity contribution in [1.82, 2.24) is 4.98 Å². The van der Waals surface area contributed by atoms with Gasteiger partial charge in [-0.15, -0.1) is 0 Å². The average molecular weight is 255 g/mol. The quantitative estimate of drug-likeness (QED) is 0.824. The Hall–Kier alpha value is -1.29. The van der Waals surface area contributed by atoms with Crippen LogP contribution in [0.5, 0.6) is 0 Å². The number of pyridine rings is 1. The third-order valence-corrected chi connectivity index (χ3v) is 3.53. The minimum absolute atomic E-state index is 0.187. The van der Waals surface area contributed by atoms with E-state index in [0.29, 0.717) is 17.7 Å². The summed E-state index contributed by atoms with van der Waals surface area (Å²) >= 11 is 5.84. The lowest BCUT2D eigenvalue weighted by atomic mass is 10.0. The molecule has 1 fully saturated rings. The van der Waals surface area contributed by atoms with Crippen molar-refractivity contribution in [1.29, 1.82) is 0 Å². The van der Waals surface area contributed by atoms with Gasteiger partial charge in [0.05, 0.1) is 5.56 Å². The van der Waals surface area contributed by atoms with Crippen LogP contribution in [0.1, 0.15) is 24.2 Å². The van der Waals surface area contributed by atoms with Gasteiger partial charge in [0.15, 0.2) is 0 Å². The summed E-state index contributed by atoms with van der Waals surface area (Å²) in [5.41, 5.74) is 0.187. The molecule has 1 aliphatic heterocycles. The molecule has 1 N–H and O–H groups in total. The third-order valence-electron chi connectivity index (χ3n) is 3.34. The van der Waals surface area contributed by atoms with Crippen molar-refractivity contribution in [2.24, 2.45) is 11.8 Å². The molecule has 0 bridgehead atoms. The Morgan fingerprint density at radius 3 is 2.53 bits per heavy atom. The van der Waals surface area contributed by atoms with Gasteiger partial charge in [0.25, 0.3) is 0 Å². The van der Waals surface area contributed by atoms with Gasteiger partial charge in [-0.1, -0.05) is 25.4 Å². The summed E-state index contributed by atoms with van der Waals surface area (Å²) in [5.74, 6) is 0.857. The Bertz CT molecular complexity index is 440. The van der Waals surface area contributed by atoms with Crippen molar-refractivity contribution in [2.75, 3.05) is 18.0 Å². The maximum Gasteiger partial charge on any atom is 0.335 e. The summed E-state index contributed by atoms with van der Waals surface area (Å²) in [6.45, 7) is 6.17. The lowest BCUT2D eigenvalue weighted by Gasteiger charge is -2.17. The zero-order valence-corrected chi connectivity index (χ0v) is 10.6. The van der Waals surface area contributed by atoms with Gasteiger partial charge in [-0.3, -0.25) is 0 Å². The van der Waals surface area contributed by atoms with Gasteiger partial charge in [0.1, 0.15) is 11.0 Å². The largest absolute Gasteiger partial charge is 0.478 e. The molecule has 2 atom stereocenters. The smallest absolute Gasteiger partial charge is 0.335 e. The van der Waals surface area contributed by atoms with Gasteiger partial charge in [-0.05, 0) is 24.0 Å². The lowest BCUT2D eigenvalue weighted by molar-refractivity contribution is 0.0697. The molecule has 1 saturated heterocycles. The molecular formula is C12H15ClN2O2. The Labute approximate surface area is 105 Å². The number of hydrogen-bond donors (Lipinski definition) is 1. The van der Waals surface area contributed by atoms with Crippen molar-refractivity contribution < 1.29 is 9.90 Å². The lowest BCUT2D eigenvalue weighted by Crippen LogP contribution is -2.21. The first-order valence-corrected chi connectivity index (χ1v) is 6.01. The number of anilines is 1. The Kier molecular flexibility index (Phi) is 3.24. The van der Waals surface area contributed by atoms with Crippen LogP contribution in [0.3, 0.4) is 0 Å². The molecule has 92 valence electrons. The minimum atomic E-state index is -0.976. The first-order chi connectivity index (χ1) is 7.97. The molecule has 0 saturated carbocycles. The van der Waals surface area contributed by atoms with Crippen LogP contribution in [-0.2, 0) is 0 Å². The van der Waals surface area contributed by atoms with Crippen molar-refractivity contribution in [3.63, 3.8) is 0 Å². The highest BCUT2D eigenvalue weighted by Crippen LogP contribution is 2.28. The predicted molar refractivity (Wildman–Crippen MR) is 66.7 cm³/mol. The van der Waals surface area contributed by atoms with Crippen LogP contribution in [0.25, 0.3) is 0 Å². The second-order valence-corrected chi connectivity index (χ2v) is 5.09. The second kappa shape index (κ2) is 4.53. The summed E-state index contributed by atoms with van der Waals surface area (Å²) < 4.78 is 0. The highest BCUT2D eigenvalue weighted by Gasteiger charge is 2.27. The summed E-state index contributed by atoms with van der Waals surface area (Å²) in [6, 6.07) is 2.95. The monoisotopic (exact) mass is 254 g/mol. The normalized spacial score (nSPS) is 24.1. The molecule has 2 heterocycles. The Balaban J connectivity index is 2.30. The van der Waals surface area contributed by atoms with Crippen LogP contribution < -0.4 is 4.90 Å². The van der Waals surface area contributed by atoms with Gasteiger partial charge >= 0.3 is 5.97 Å². The first-order valence-electron chi connectivity index (χ1n) is 5.63. The average Bonchev–Trinajstić information content (AvgIpc) is 2.58. The first kappa shape index (κ1) is 12.2. The zero-order chi connectivity index (χ0) is 12.6. The molecule has 1 aromatic heterocycles. The van der Waals surface area contributed by atoms with E-state index in [1.54, 1.807) is 6.07 Å². The standard InChI is InChI=1S/C12H15ClN2O2/c1-7-5-15(6-8(7)2)11-4-9(12(16)17)3-10(13)14-11/h3-4,7-8H,5-6H2,1-2H3,(H,16,17). The highest BCUT2D eigenvalue weighted by atomic mass is 35.5. The van der Waals surface area contributed by atoms with E-state index < -0.39 is 5.97 Å².